The van der Waals surface area contributed by atoms with Crippen LogP contribution < -0.4 is 5.11 Å². The largest absolute Gasteiger partial charge is 0.545 e. The molecular weight excluding hydrogens is 368 g/mol. The number of aromatic nitrogens is 1. The smallest absolute Gasteiger partial charge is 0.338 e. The van der Waals surface area contributed by atoms with E-state index in [0.29, 0.717) is 17.9 Å². The number of nitrogens with zero attached hydrogens (tertiary/aromatic N) is 2. The second kappa shape index (κ2) is 8.56. The van der Waals surface area contributed by atoms with Gasteiger partial charge in [0, 0.05) is 28.9 Å². The second-order valence-corrected chi connectivity index (χ2v) is 6.53. The molecule has 0 aliphatic heterocycles. The first-order valence-corrected chi connectivity index (χ1v) is 9.22. The molecule has 0 radical (unpaired) electrons. The van der Waals surface area contributed by atoms with Crippen molar-refractivity contribution in [3.8, 4) is 5.69 Å². The van der Waals surface area contributed by atoms with Crippen LogP contribution in [0.25, 0.3) is 5.69 Å². The Morgan fingerprint density at radius 3 is 2.45 bits per heavy atom. The van der Waals surface area contributed by atoms with Crippen LogP contribution in [0.4, 0.5) is 5.69 Å². The summed E-state index contributed by atoms with van der Waals surface area (Å²) in [6, 6.07) is 15.5. The minimum atomic E-state index is -1.23. The van der Waals surface area contributed by atoms with E-state index in [1.807, 2.05) is 32.0 Å². The lowest BCUT2D eigenvalue weighted by Gasteiger charge is -2.10. The zero-order chi connectivity index (χ0) is 21.0. The summed E-state index contributed by atoms with van der Waals surface area (Å²) in [5.74, 6) is -1.57. The van der Waals surface area contributed by atoms with Crippen LogP contribution >= 0.6 is 0 Å². The van der Waals surface area contributed by atoms with Crippen molar-refractivity contribution in [2.45, 2.75) is 20.8 Å². The Morgan fingerprint density at radius 1 is 1.07 bits per heavy atom. The Labute approximate surface area is 169 Å². The van der Waals surface area contributed by atoms with Crippen LogP contribution in [0, 0.1) is 13.8 Å². The SMILES string of the molecule is CCOC(=O)c1ccc(-n2c(C)cc(C=Nc3cccc(C(=O)[O-])c3)c2C)cc1. The number of carboxylic acids is 1. The summed E-state index contributed by atoms with van der Waals surface area (Å²) in [5, 5.41) is 11.0. The molecule has 0 saturated carbocycles. The third kappa shape index (κ3) is 4.43. The molecule has 2 aromatic carbocycles. The summed E-state index contributed by atoms with van der Waals surface area (Å²) in [5.41, 5.74) is 4.96. The molecule has 0 amide bonds. The fraction of sp³-hybridized carbons (Fsp3) is 0.174. The van der Waals surface area contributed by atoms with E-state index in [1.54, 1.807) is 37.4 Å². The van der Waals surface area contributed by atoms with Crippen molar-refractivity contribution in [3.05, 3.63) is 82.7 Å². The third-order valence-corrected chi connectivity index (χ3v) is 4.54. The molecule has 0 aliphatic carbocycles. The van der Waals surface area contributed by atoms with E-state index in [-0.39, 0.29) is 11.5 Å². The van der Waals surface area contributed by atoms with Gasteiger partial charge in [0.05, 0.1) is 23.8 Å². The van der Waals surface area contributed by atoms with Crippen molar-refractivity contribution in [2.75, 3.05) is 6.61 Å². The number of carbonyl (C=O) groups is 2. The third-order valence-electron chi connectivity index (χ3n) is 4.54. The van der Waals surface area contributed by atoms with E-state index in [1.165, 1.54) is 12.1 Å². The Bertz CT molecular complexity index is 1080. The summed E-state index contributed by atoms with van der Waals surface area (Å²) >= 11 is 0. The second-order valence-electron chi connectivity index (χ2n) is 6.53. The maximum absolute atomic E-state index is 11.8. The summed E-state index contributed by atoms with van der Waals surface area (Å²) in [7, 11) is 0. The standard InChI is InChI=1S/C23H22N2O4/c1-4-29-23(28)17-8-10-21(11-9-17)25-15(2)12-19(16(25)3)14-24-20-7-5-6-18(13-20)22(26)27/h5-14H,4H2,1-3H3,(H,26,27)/p-1. The number of carbonyl (C=O) groups excluding carboxylic acids is 2. The number of aromatic carboxylic acids is 1. The van der Waals surface area contributed by atoms with Crippen molar-refractivity contribution < 1.29 is 19.4 Å². The molecule has 6 heteroatoms. The minimum Gasteiger partial charge on any atom is -0.545 e. The molecule has 0 spiro atoms. The number of aliphatic imine (C=N–C) groups is 1. The van der Waals surface area contributed by atoms with Gasteiger partial charge in [-0.3, -0.25) is 4.99 Å². The average Bonchev–Trinajstić information content (AvgIpc) is 3.00. The summed E-state index contributed by atoms with van der Waals surface area (Å²) in [4.78, 5) is 27.2. The summed E-state index contributed by atoms with van der Waals surface area (Å²) in [6.45, 7) is 6.08. The van der Waals surface area contributed by atoms with Crippen molar-refractivity contribution in [1.82, 2.24) is 4.57 Å². The fourth-order valence-electron chi connectivity index (χ4n) is 3.13. The molecule has 0 atom stereocenters. The molecule has 0 N–H and O–H groups in total. The van der Waals surface area contributed by atoms with E-state index >= 15 is 0 Å². The van der Waals surface area contributed by atoms with Crippen molar-refractivity contribution in [2.24, 2.45) is 4.99 Å². The van der Waals surface area contributed by atoms with Gasteiger partial charge in [-0.05, 0) is 68.8 Å². The van der Waals surface area contributed by atoms with Gasteiger partial charge in [-0.15, -0.1) is 0 Å². The lowest BCUT2D eigenvalue weighted by molar-refractivity contribution is -0.255. The molecule has 0 unspecified atom stereocenters. The fourth-order valence-corrected chi connectivity index (χ4v) is 3.13. The van der Waals surface area contributed by atoms with Crippen LogP contribution in [-0.4, -0.2) is 29.3 Å². The van der Waals surface area contributed by atoms with E-state index in [2.05, 4.69) is 9.56 Å². The molecule has 148 valence electrons. The molecular formula is C23H21N2O4-. The number of hydrogen-bond acceptors (Lipinski definition) is 5. The first-order valence-electron chi connectivity index (χ1n) is 9.22. The van der Waals surface area contributed by atoms with E-state index in [9.17, 15) is 14.7 Å². The molecule has 3 rings (SSSR count). The van der Waals surface area contributed by atoms with Crippen LogP contribution in [0.3, 0.4) is 0 Å². The highest BCUT2D eigenvalue weighted by atomic mass is 16.5. The highest BCUT2D eigenvalue weighted by Gasteiger charge is 2.11. The van der Waals surface area contributed by atoms with Gasteiger partial charge in [-0.1, -0.05) is 12.1 Å². The Balaban J connectivity index is 1.88. The normalized spacial score (nSPS) is 11.0. The zero-order valence-corrected chi connectivity index (χ0v) is 16.5. The minimum absolute atomic E-state index is 0.0896. The molecule has 0 saturated heterocycles. The maximum atomic E-state index is 11.8. The quantitative estimate of drug-likeness (QED) is 0.478. The van der Waals surface area contributed by atoms with Gasteiger partial charge >= 0.3 is 5.97 Å². The number of hydrogen-bond donors (Lipinski definition) is 0. The van der Waals surface area contributed by atoms with Crippen molar-refractivity contribution in [3.63, 3.8) is 0 Å². The Kier molecular flexibility index (Phi) is 5.93. The van der Waals surface area contributed by atoms with Crippen LogP contribution in [0.15, 0.2) is 59.6 Å². The Morgan fingerprint density at radius 2 is 1.79 bits per heavy atom. The molecule has 0 fully saturated rings. The monoisotopic (exact) mass is 389 g/mol. The van der Waals surface area contributed by atoms with Gasteiger partial charge in [0.2, 0.25) is 0 Å². The molecule has 1 aromatic heterocycles. The van der Waals surface area contributed by atoms with Crippen molar-refractivity contribution in [1.29, 1.82) is 0 Å². The lowest BCUT2D eigenvalue weighted by atomic mass is 10.2. The highest BCUT2D eigenvalue weighted by Crippen LogP contribution is 2.21. The molecule has 29 heavy (non-hydrogen) atoms. The molecule has 1 heterocycles. The van der Waals surface area contributed by atoms with Crippen molar-refractivity contribution >= 4 is 23.8 Å². The molecule has 0 bridgehead atoms. The Hall–Kier alpha value is -3.67. The van der Waals surface area contributed by atoms with Crippen LogP contribution in [0.2, 0.25) is 0 Å². The number of esters is 1. The van der Waals surface area contributed by atoms with Crippen LogP contribution in [0.5, 0.6) is 0 Å². The first kappa shape index (κ1) is 20.1. The first-order chi connectivity index (χ1) is 13.9. The topological polar surface area (TPSA) is 83.7 Å². The average molecular weight is 389 g/mol. The van der Waals surface area contributed by atoms with E-state index in [4.69, 9.17) is 4.74 Å². The summed E-state index contributed by atoms with van der Waals surface area (Å²) < 4.78 is 7.08. The number of benzene rings is 2. The van der Waals surface area contributed by atoms with Gasteiger partial charge in [0.15, 0.2) is 0 Å². The molecule has 6 nitrogen and oxygen atoms in total. The van der Waals surface area contributed by atoms with Crippen LogP contribution in [-0.2, 0) is 4.74 Å². The number of ether oxygens (including phenoxy) is 1. The molecule has 0 aliphatic rings. The predicted octanol–water partition coefficient (Wildman–Crippen LogP) is 3.38. The highest BCUT2D eigenvalue weighted by molar-refractivity contribution is 5.90. The van der Waals surface area contributed by atoms with Gasteiger partial charge in [0.25, 0.3) is 0 Å². The van der Waals surface area contributed by atoms with Gasteiger partial charge in [-0.25, -0.2) is 4.79 Å². The molecule has 3 aromatic rings. The van der Waals surface area contributed by atoms with Gasteiger partial charge in [0.1, 0.15) is 0 Å². The lowest BCUT2D eigenvalue weighted by Crippen LogP contribution is -2.21. The van der Waals surface area contributed by atoms with Gasteiger partial charge < -0.3 is 19.2 Å². The number of carboxylic acid groups (broad SMARTS) is 1. The number of aryl methyl sites for hydroxylation is 1. The van der Waals surface area contributed by atoms with E-state index in [0.717, 1.165) is 22.6 Å². The van der Waals surface area contributed by atoms with Crippen LogP contribution in [0.1, 0.15) is 44.6 Å². The summed E-state index contributed by atoms with van der Waals surface area (Å²) in [6.07, 6.45) is 1.71. The van der Waals surface area contributed by atoms with Gasteiger partial charge in [-0.2, -0.15) is 0 Å². The van der Waals surface area contributed by atoms with E-state index < -0.39 is 5.97 Å². The zero-order valence-electron chi connectivity index (χ0n) is 16.5. The number of rotatable bonds is 6. The maximum Gasteiger partial charge on any atom is 0.338 e. The predicted molar refractivity (Wildman–Crippen MR) is 109 cm³/mol.